The zero-order valence-electron chi connectivity index (χ0n) is 9.05. The summed E-state index contributed by atoms with van der Waals surface area (Å²) in [5.41, 5.74) is 0. The van der Waals surface area contributed by atoms with Crippen molar-refractivity contribution >= 4 is 27.9 Å². The molecule has 1 aliphatic heterocycles. The van der Waals surface area contributed by atoms with Crippen molar-refractivity contribution in [2.75, 3.05) is 24.6 Å². The van der Waals surface area contributed by atoms with Gasteiger partial charge in [-0.3, -0.25) is 4.79 Å². The van der Waals surface area contributed by atoms with Gasteiger partial charge in [-0.05, 0) is 6.42 Å². The van der Waals surface area contributed by atoms with E-state index in [0.29, 0.717) is 24.5 Å². The quantitative estimate of drug-likeness (QED) is 0.717. The third-order valence-corrected chi connectivity index (χ3v) is 4.85. The Hall–Kier alpha value is -0.310. The Bertz CT molecular complexity index is 344. The molecular formula is C8H16N2O4S2. The number of nitrogens with zero attached hydrogens (tertiary/aromatic N) is 1. The van der Waals surface area contributed by atoms with Gasteiger partial charge in [0, 0.05) is 24.6 Å². The summed E-state index contributed by atoms with van der Waals surface area (Å²) in [5, 5.41) is 8.95. The number of thioether (sulfide) groups is 1. The normalized spacial score (nSPS) is 23.2. The number of carboxylic acids is 1. The van der Waals surface area contributed by atoms with Gasteiger partial charge in [-0.1, -0.05) is 6.92 Å². The molecule has 6 nitrogen and oxygen atoms in total. The first-order chi connectivity index (χ1) is 7.49. The smallest absolute Gasteiger partial charge is 0.322 e. The molecule has 0 bridgehead atoms. The van der Waals surface area contributed by atoms with E-state index in [0.717, 1.165) is 4.31 Å². The Kier molecular flexibility index (Phi) is 5.03. The highest BCUT2D eigenvalue weighted by Gasteiger charge is 2.36. The molecule has 0 aromatic rings. The van der Waals surface area contributed by atoms with Crippen molar-refractivity contribution < 1.29 is 18.3 Å². The molecule has 0 amide bonds. The summed E-state index contributed by atoms with van der Waals surface area (Å²) in [5.74, 6) is -0.145. The Labute approximate surface area is 99.6 Å². The van der Waals surface area contributed by atoms with Gasteiger partial charge in [0.05, 0.1) is 0 Å². The van der Waals surface area contributed by atoms with Crippen LogP contribution in [0.2, 0.25) is 0 Å². The SMILES string of the molecule is CCCNS(=O)(=O)N1CCSCC1C(=O)O. The van der Waals surface area contributed by atoms with E-state index in [-0.39, 0.29) is 6.54 Å². The van der Waals surface area contributed by atoms with E-state index in [1.807, 2.05) is 6.92 Å². The van der Waals surface area contributed by atoms with Gasteiger partial charge >= 0.3 is 5.97 Å². The van der Waals surface area contributed by atoms with Gasteiger partial charge in [0.25, 0.3) is 10.2 Å². The standard InChI is InChI=1S/C8H16N2O4S2/c1-2-3-9-16(13,14)10-4-5-15-6-7(10)8(11)12/h7,9H,2-6H2,1H3,(H,11,12). The highest BCUT2D eigenvalue weighted by atomic mass is 32.2. The van der Waals surface area contributed by atoms with Crippen molar-refractivity contribution in [2.45, 2.75) is 19.4 Å². The van der Waals surface area contributed by atoms with Crippen LogP contribution in [-0.4, -0.2) is 54.4 Å². The second kappa shape index (κ2) is 5.85. The molecule has 0 saturated carbocycles. The second-order valence-electron chi connectivity index (χ2n) is 3.44. The number of rotatable bonds is 5. The predicted molar refractivity (Wildman–Crippen MR) is 62.7 cm³/mol. The van der Waals surface area contributed by atoms with E-state index in [1.165, 1.54) is 11.8 Å². The molecule has 8 heteroatoms. The molecule has 0 aromatic heterocycles. The van der Waals surface area contributed by atoms with Crippen LogP contribution in [0.3, 0.4) is 0 Å². The molecule has 0 aromatic carbocycles. The van der Waals surface area contributed by atoms with Crippen molar-refractivity contribution in [1.29, 1.82) is 0 Å². The fourth-order valence-corrected chi connectivity index (χ4v) is 4.09. The lowest BCUT2D eigenvalue weighted by Gasteiger charge is -2.31. The van der Waals surface area contributed by atoms with E-state index in [9.17, 15) is 13.2 Å². The topological polar surface area (TPSA) is 86.7 Å². The molecule has 94 valence electrons. The molecule has 16 heavy (non-hydrogen) atoms. The number of hydrogen-bond donors (Lipinski definition) is 2. The van der Waals surface area contributed by atoms with E-state index >= 15 is 0 Å². The van der Waals surface area contributed by atoms with Gasteiger partial charge in [-0.25, -0.2) is 4.72 Å². The molecular weight excluding hydrogens is 252 g/mol. The van der Waals surface area contributed by atoms with Crippen LogP contribution in [-0.2, 0) is 15.0 Å². The maximum atomic E-state index is 11.8. The first kappa shape index (κ1) is 13.8. The minimum Gasteiger partial charge on any atom is -0.480 e. The molecule has 0 radical (unpaired) electrons. The maximum absolute atomic E-state index is 11.8. The van der Waals surface area contributed by atoms with Crippen LogP contribution in [0.1, 0.15) is 13.3 Å². The van der Waals surface area contributed by atoms with Crippen LogP contribution >= 0.6 is 11.8 Å². The molecule has 1 atom stereocenters. The van der Waals surface area contributed by atoms with Crippen LogP contribution in [0.4, 0.5) is 0 Å². The van der Waals surface area contributed by atoms with Crippen LogP contribution in [0.5, 0.6) is 0 Å². The van der Waals surface area contributed by atoms with E-state index in [2.05, 4.69) is 4.72 Å². The molecule has 1 unspecified atom stereocenters. The fraction of sp³-hybridized carbons (Fsp3) is 0.875. The van der Waals surface area contributed by atoms with Crippen molar-refractivity contribution in [3.05, 3.63) is 0 Å². The van der Waals surface area contributed by atoms with Gasteiger partial charge in [0.1, 0.15) is 6.04 Å². The largest absolute Gasteiger partial charge is 0.480 e. The minimum absolute atomic E-state index is 0.251. The van der Waals surface area contributed by atoms with Crippen LogP contribution in [0.25, 0.3) is 0 Å². The summed E-state index contributed by atoms with van der Waals surface area (Å²) in [7, 11) is -3.65. The summed E-state index contributed by atoms with van der Waals surface area (Å²) in [4.78, 5) is 10.9. The van der Waals surface area contributed by atoms with Gasteiger partial charge in [-0.2, -0.15) is 24.5 Å². The summed E-state index contributed by atoms with van der Waals surface area (Å²) in [6.45, 7) is 2.43. The third kappa shape index (κ3) is 3.34. The average molecular weight is 268 g/mol. The first-order valence-corrected chi connectivity index (χ1v) is 7.65. The minimum atomic E-state index is -3.65. The number of nitrogens with one attached hydrogen (secondary N) is 1. The monoisotopic (exact) mass is 268 g/mol. The molecule has 1 fully saturated rings. The van der Waals surface area contributed by atoms with Gasteiger partial charge < -0.3 is 5.11 Å². The fourth-order valence-electron chi connectivity index (χ4n) is 1.38. The first-order valence-electron chi connectivity index (χ1n) is 5.06. The lowest BCUT2D eigenvalue weighted by Crippen LogP contribution is -2.54. The zero-order valence-corrected chi connectivity index (χ0v) is 10.7. The number of carbonyl (C=O) groups is 1. The molecule has 2 N–H and O–H groups in total. The van der Waals surface area contributed by atoms with Crippen molar-refractivity contribution in [3.63, 3.8) is 0 Å². The molecule has 0 spiro atoms. The van der Waals surface area contributed by atoms with Gasteiger partial charge in [0.15, 0.2) is 0 Å². The highest BCUT2D eigenvalue weighted by Crippen LogP contribution is 2.19. The zero-order chi connectivity index (χ0) is 12.2. The second-order valence-corrected chi connectivity index (χ2v) is 6.30. The lowest BCUT2D eigenvalue weighted by atomic mass is 10.3. The Morgan fingerprint density at radius 2 is 2.31 bits per heavy atom. The van der Waals surface area contributed by atoms with Crippen molar-refractivity contribution in [3.8, 4) is 0 Å². The molecule has 1 saturated heterocycles. The molecule has 1 aliphatic rings. The summed E-state index contributed by atoms with van der Waals surface area (Å²) >= 11 is 1.46. The predicted octanol–water partition coefficient (Wildman–Crippen LogP) is -0.267. The molecule has 0 aliphatic carbocycles. The number of hydrogen-bond acceptors (Lipinski definition) is 4. The maximum Gasteiger partial charge on any atom is 0.322 e. The van der Waals surface area contributed by atoms with Gasteiger partial charge in [0.2, 0.25) is 0 Å². The average Bonchev–Trinajstić information content (AvgIpc) is 2.26. The van der Waals surface area contributed by atoms with E-state index in [4.69, 9.17) is 5.11 Å². The Balaban J connectivity index is 2.78. The summed E-state index contributed by atoms with van der Waals surface area (Å²) < 4.78 is 27.0. The van der Waals surface area contributed by atoms with Gasteiger partial charge in [-0.15, -0.1) is 0 Å². The van der Waals surface area contributed by atoms with Crippen LogP contribution in [0, 0.1) is 0 Å². The third-order valence-electron chi connectivity index (χ3n) is 2.21. The highest BCUT2D eigenvalue weighted by molar-refractivity contribution is 7.99. The molecule has 1 heterocycles. The van der Waals surface area contributed by atoms with Crippen molar-refractivity contribution in [1.82, 2.24) is 9.03 Å². The Morgan fingerprint density at radius 3 is 2.88 bits per heavy atom. The van der Waals surface area contributed by atoms with Crippen LogP contribution in [0.15, 0.2) is 0 Å². The van der Waals surface area contributed by atoms with E-state index < -0.39 is 22.2 Å². The van der Waals surface area contributed by atoms with Crippen LogP contribution < -0.4 is 4.72 Å². The Morgan fingerprint density at radius 1 is 1.62 bits per heavy atom. The number of carboxylic acid groups (broad SMARTS) is 1. The molecule has 1 rings (SSSR count). The lowest BCUT2D eigenvalue weighted by molar-refractivity contribution is -0.140. The van der Waals surface area contributed by atoms with E-state index in [1.54, 1.807) is 0 Å². The summed E-state index contributed by atoms with van der Waals surface area (Å²) in [6, 6.07) is -0.951. The number of aliphatic carboxylic acids is 1. The van der Waals surface area contributed by atoms with Crippen molar-refractivity contribution in [2.24, 2.45) is 0 Å². The summed E-state index contributed by atoms with van der Waals surface area (Å²) in [6.07, 6.45) is 0.680.